The van der Waals surface area contributed by atoms with Crippen molar-refractivity contribution in [2.24, 2.45) is 0 Å². The Kier molecular flexibility index (Phi) is 5.05. The van der Waals surface area contributed by atoms with E-state index in [0.717, 1.165) is 6.42 Å². The Hall–Kier alpha value is -1.26. The van der Waals surface area contributed by atoms with Crippen molar-refractivity contribution in [1.82, 2.24) is 5.32 Å². The zero-order chi connectivity index (χ0) is 13.7. The predicted molar refractivity (Wildman–Crippen MR) is 75.9 cm³/mol. The van der Waals surface area contributed by atoms with Crippen LogP contribution in [0.4, 0.5) is 8.78 Å². The van der Waals surface area contributed by atoms with E-state index < -0.39 is 11.6 Å². The summed E-state index contributed by atoms with van der Waals surface area (Å²) in [6.45, 7) is 0.860. The molecule has 0 bridgehead atoms. The molecule has 0 aromatic heterocycles. The second-order valence-corrected chi connectivity index (χ2v) is 5.09. The SMILES string of the molecule is Fc1ccc(Br)c(F)c1CNCCc1ccccc1. The third-order valence-electron chi connectivity index (χ3n) is 2.87. The molecule has 4 heteroatoms. The predicted octanol–water partition coefficient (Wildman–Crippen LogP) is 4.06. The van der Waals surface area contributed by atoms with Gasteiger partial charge in [-0.05, 0) is 46.6 Å². The molecule has 0 aliphatic rings. The molecule has 0 aliphatic heterocycles. The van der Waals surface area contributed by atoms with Crippen LogP contribution in [-0.4, -0.2) is 6.54 Å². The molecule has 0 heterocycles. The Bertz CT molecular complexity index is 543. The highest BCUT2D eigenvalue weighted by atomic mass is 79.9. The lowest BCUT2D eigenvalue weighted by Gasteiger charge is -2.08. The van der Waals surface area contributed by atoms with Crippen LogP contribution in [0.15, 0.2) is 46.9 Å². The average Bonchev–Trinajstić information content (AvgIpc) is 2.43. The topological polar surface area (TPSA) is 12.0 Å². The molecule has 0 radical (unpaired) electrons. The van der Waals surface area contributed by atoms with E-state index in [1.165, 1.54) is 17.7 Å². The molecule has 0 aliphatic carbocycles. The first kappa shape index (κ1) is 14.2. The molecule has 0 fully saturated rings. The van der Waals surface area contributed by atoms with Crippen molar-refractivity contribution in [3.05, 3.63) is 69.7 Å². The maximum absolute atomic E-state index is 13.7. The summed E-state index contributed by atoms with van der Waals surface area (Å²) in [6, 6.07) is 12.6. The van der Waals surface area contributed by atoms with Crippen molar-refractivity contribution in [1.29, 1.82) is 0 Å². The van der Waals surface area contributed by atoms with E-state index in [1.54, 1.807) is 0 Å². The van der Waals surface area contributed by atoms with E-state index in [2.05, 4.69) is 21.2 Å². The van der Waals surface area contributed by atoms with Crippen molar-refractivity contribution < 1.29 is 8.78 Å². The molecule has 0 unspecified atom stereocenters. The summed E-state index contributed by atoms with van der Waals surface area (Å²) in [5.74, 6) is -1.06. The summed E-state index contributed by atoms with van der Waals surface area (Å²) in [6.07, 6.45) is 0.831. The number of nitrogens with one attached hydrogen (secondary N) is 1. The van der Waals surface area contributed by atoms with Gasteiger partial charge in [0, 0.05) is 12.1 Å². The van der Waals surface area contributed by atoms with Crippen LogP contribution in [0.25, 0.3) is 0 Å². The van der Waals surface area contributed by atoms with Gasteiger partial charge < -0.3 is 5.32 Å². The molecular formula is C15H14BrF2N. The highest BCUT2D eigenvalue weighted by Crippen LogP contribution is 2.21. The summed E-state index contributed by atoms with van der Waals surface area (Å²) < 4.78 is 27.5. The van der Waals surface area contributed by atoms with Crippen molar-refractivity contribution in [3.63, 3.8) is 0 Å². The molecular weight excluding hydrogens is 312 g/mol. The van der Waals surface area contributed by atoms with E-state index in [9.17, 15) is 8.78 Å². The largest absolute Gasteiger partial charge is 0.312 e. The molecule has 0 spiro atoms. The summed E-state index contributed by atoms with van der Waals surface area (Å²) in [7, 11) is 0. The molecule has 2 rings (SSSR count). The van der Waals surface area contributed by atoms with Crippen LogP contribution in [0.1, 0.15) is 11.1 Å². The minimum absolute atomic E-state index is 0.0717. The highest BCUT2D eigenvalue weighted by molar-refractivity contribution is 9.10. The van der Waals surface area contributed by atoms with Crippen molar-refractivity contribution in [2.75, 3.05) is 6.54 Å². The lowest BCUT2D eigenvalue weighted by molar-refractivity contribution is 0.532. The van der Waals surface area contributed by atoms with Gasteiger partial charge in [-0.1, -0.05) is 30.3 Å². The van der Waals surface area contributed by atoms with Crippen LogP contribution >= 0.6 is 15.9 Å². The molecule has 100 valence electrons. The van der Waals surface area contributed by atoms with Crippen LogP contribution in [0.5, 0.6) is 0 Å². The third kappa shape index (κ3) is 3.85. The quantitative estimate of drug-likeness (QED) is 0.645. The average molecular weight is 326 g/mol. The van der Waals surface area contributed by atoms with Crippen LogP contribution in [0.3, 0.4) is 0 Å². The number of benzene rings is 2. The molecule has 2 aromatic rings. The Morgan fingerprint density at radius 2 is 1.74 bits per heavy atom. The van der Waals surface area contributed by atoms with E-state index in [1.807, 2.05) is 30.3 Å². The van der Waals surface area contributed by atoms with E-state index in [4.69, 9.17) is 0 Å². The van der Waals surface area contributed by atoms with Gasteiger partial charge in [-0.3, -0.25) is 0 Å². The van der Waals surface area contributed by atoms with E-state index >= 15 is 0 Å². The van der Waals surface area contributed by atoms with Gasteiger partial charge in [-0.2, -0.15) is 0 Å². The molecule has 19 heavy (non-hydrogen) atoms. The third-order valence-corrected chi connectivity index (χ3v) is 3.49. The fourth-order valence-corrected chi connectivity index (χ4v) is 2.19. The van der Waals surface area contributed by atoms with Crippen molar-refractivity contribution in [3.8, 4) is 0 Å². The van der Waals surface area contributed by atoms with Gasteiger partial charge in [0.05, 0.1) is 4.47 Å². The van der Waals surface area contributed by atoms with Crippen molar-refractivity contribution in [2.45, 2.75) is 13.0 Å². The van der Waals surface area contributed by atoms with E-state index in [0.29, 0.717) is 6.54 Å². The Morgan fingerprint density at radius 3 is 2.47 bits per heavy atom. The summed E-state index contributed by atoms with van der Waals surface area (Å²) in [5, 5.41) is 3.06. The lowest BCUT2D eigenvalue weighted by Crippen LogP contribution is -2.18. The minimum Gasteiger partial charge on any atom is -0.312 e. The number of rotatable bonds is 5. The van der Waals surface area contributed by atoms with Crippen LogP contribution in [-0.2, 0) is 13.0 Å². The second kappa shape index (κ2) is 6.78. The van der Waals surface area contributed by atoms with E-state index in [-0.39, 0.29) is 16.6 Å². The molecule has 0 atom stereocenters. The Morgan fingerprint density at radius 1 is 1.00 bits per heavy atom. The first-order valence-electron chi connectivity index (χ1n) is 6.05. The summed E-state index contributed by atoms with van der Waals surface area (Å²) in [5.41, 5.74) is 1.27. The van der Waals surface area contributed by atoms with Gasteiger partial charge in [-0.15, -0.1) is 0 Å². The molecule has 2 aromatic carbocycles. The maximum Gasteiger partial charge on any atom is 0.144 e. The van der Waals surface area contributed by atoms with Gasteiger partial charge in [0.15, 0.2) is 0 Å². The number of hydrogen-bond acceptors (Lipinski definition) is 1. The monoisotopic (exact) mass is 325 g/mol. The smallest absolute Gasteiger partial charge is 0.144 e. The molecule has 1 nitrogen and oxygen atoms in total. The Labute approximate surface area is 119 Å². The molecule has 0 amide bonds. The molecule has 0 saturated heterocycles. The molecule has 1 N–H and O–H groups in total. The van der Waals surface area contributed by atoms with Gasteiger partial charge >= 0.3 is 0 Å². The van der Waals surface area contributed by atoms with Gasteiger partial charge in [-0.25, -0.2) is 8.78 Å². The van der Waals surface area contributed by atoms with Crippen LogP contribution in [0.2, 0.25) is 0 Å². The second-order valence-electron chi connectivity index (χ2n) is 4.23. The fraction of sp³-hybridized carbons (Fsp3) is 0.200. The van der Waals surface area contributed by atoms with Crippen molar-refractivity contribution >= 4 is 15.9 Å². The highest BCUT2D eigenvalue weighted by Gasteiger charge is 2.11. The lowest BCUT2D eigenvalue weighted by atomic mass is 10.1. The number of halogens is 3. The number of hydrogen-bond donors (Lipinski definition) is 1. The zero-order valence-corrected chi connectivity index (χ0v) is 11.9. The zero-order valence-electron chi connectivity index (χ0n) is 10.3. The summed E-state index contributed by atoms with van der Waals surface area (Å²) >= 11 is 3.06. The van der Waals surface area contributed by atoms with Gasteiger partial charge in [0.25, 0.3) is 0 Å². The Balaban J connectivity index is 1.88. The first-order valence-corrected chi connectivity index (χ1v) is 6.85. The van der Waals surface area contributed by atoms with Crippen LogP contribution < -0.4 is 5.32 Å². The van der Waals surface area contributed by atoms with Crippen LogP contribution in [0, 0.1) is 11.6 Å². The van der Waals surface area contributed by atoms with Gasteiger partial charge in [0.1, 0.15) is 11.6 Å². The fourth-order valence-electron chi connectivity index (χ4n) is 1.82. The van der Waals surface area contributed by atoms with Gasteiger partial charge in [0.2, 0.25) is 0 Å². The normalized spacial score (nSPS) is 10.7. The maximum atomic E-state index is 13.7. The standard InChI is InChI=1S/C15H14BrF2N/c16-13-6-7-14(17)12(15(13)18)10-19-9-8-11-4-2-1-3-5-11/h1-7,19H,8-10H2. The first-order chi connectivity index (χ1) is 9.18. The summed E-state index contributed by atoms with van der Waals surface area (Å²) in [4.78, 5) is 0. The minimum atomic E-state index is -0.535. The molecule has 0 saturated carbocycles.